The van der Waals surface area contributed by atoms with Crippen LogP contribution in [0.5, 0.6) is 0 Å². The van der Waals surface area contributed by atoms with Crippen LogP contribution in [0.4, 0.5) is 14.6 Å². The molecule has 2 rings (SSSR count). The third-order valence-electron chi connectivity index (χ3n) is 3.08. The van der Waals surface area contributed by atoms with Crippen LogP contribution in [0.1, 0.15) is 16.7 Å². The zero-order valence-corrected chi connectivity index (χ0v) is 10.4. The Balaban J connectivity index is 2.78. The lowest BCUT2D eigenvalue weighted by Gasteiger charge is -2.11. The van der Waals surface area contributed by atoms with Gasteiger partial charge in [0.2, 0.25) is 0 Å². The molecule has 0 fully saturated rings. The number of aryl methyl sites for hydroxylation is 1. The molecule has 18 heavy (non-hydrogen) atoms. The standard InChI is InChI=1S/C13H13F2N3/c1-6-4-5-9(14)10(11(6)15)12-7(2)8(3)13(16)18-17-12/h4-5H,1-3H3,(H2,16,18). The van der Waals surface area contributed by atoms with Crippen LogP contribution in [0.15, 0.2) is 12.1 Å². The molecule has 0 unspecified atom stereocenters. The van der Waals surface area contributed by atoms with E-state index in [1.54, 1.807) is 20.8 Å². The minimum Gasteiger partial charge on any atom is -0.382 e. The number of nitrogen functional groups attached to an aromatic ring is 1. The van der Waals surface area contributed by atoms with E-state index in [1.165, 1.54) is 12.1 Å². The van der Waals surface area contributed by atoms with Gasteiger partial charge in [-0.3, -0.25) is 0 Å². The fourth-order valence-corrected chi connectivity index (χ4v) is 1.73. The molecule has 1 aromatic carbocycles. The first kappa shape index (κ1) is 12.4. The first-order valence-corrected chi connectivity index (χ1v) is 5.47. The minimum atomic E-state index is -0.653. The predicted molar refractivity (Wildman–Crippen MR) is 66.0 cm³/mol. The van der Waals surface area contributed by atoms with Gasteiger partial charge in [-0.1, -0.05) is 6.07 Å². The highest BCUT2D eigenvalue weighted by molar-refractivity contribution is 5.67. The summed E-state index contributed by atoms with van der Waals surface area (Å²) in [4.78, 5) is 0. The predicted octanol–water partition coefficient (Wildman–Crippen LogP) is 2.93. The van der Waals surface area contributed by atoms with Gasteiger partial charge in [-0.25, -0.2) is 8.78 Å². The molecule has 0 aliphatic rings. The number of nitrogens with two attached hydrogens (primary N) is 1. The highest BCUT2D eigenvalue weighted by atomic mass is 19.1. The van der Waals surface area contributed by atoms with Crippen LogP contribution in [0.2, 0.25) is 0 Å². The summed E-state index contributed by atoms with van der Waals surface area (Å²) >= 11 is 0. The van der Waals surface area contributed by atoms with E-state index >= 15 is 0 Å². The second-order valence-corrected chi connectivity index (χ2v) is 4.24. The van der Waals surface area contributed by atoms with Gasteiger partial charge in [-0.2, -0.15) is 0 Å². The summed E-state index contributed by atoms with van der Waals surface area (Å²) in [5.41, 5.74) is 7.33. The van der Waals surface area contributed by atoms with Crippen LogP contribution in [0, 0.1) is 32.4 Å². The van der Waals surface area contributed by atoms with Crippen LogP contribution >= 0.6 is 0 Å². The number of nitrogens with zero attached hydrogens (tertiary/aromatic N) is 2. The zero-order chi connectivity index (χ0) is 13.4. The molecule has 1 heterocycles. The van der Waals surface area contributed by atoms with E-state index < -0.39 is 11.6 Å². The van der Waals surface area contributed by atoms with Crippen molar-refractivity contribution in [3.8, 4) is 11.3 Å². The van der Waals surface area contributed by atoms with Crippen molar-refractivity contribution in [3.05, 3.63) is 40.5 Å². The van der Waals surface area contributed by atoms with Crippen molar-refractivity contribution in [2.24, 2.45) is 0 Å². The molecule has 1 aromatic heterocycles. The van der Waals surface area contributed by atoms with Crippen LogP contribution < -0.4 is 5.73 Å². The Labute approximate surface area is 104 Å². The smallest absolute Gasteiger partial charge is 0.149 e. The Morgan fingerprint density at radius 1 is 1.00 bits per heavy atom. The Kier molecular flexibility index (Phi) is 2.98. The van der Waals surface area contributed by atoms with E-state index in [-0.39, 0.29) is 17.1 Å². The monoisotopic (exact) mass is 249 g/mol. The van der Waals surface area contributed by atoms with Crippen molar-refractivity contribution in [3.63, 3.8) is 0 Å². The van der Waals surface area contributed by atoms with Crippen molar-refractivity contribution < 1.29 is 8.78 Å². The highest BCUT2D eigenvalue weighted by Crippen LogP contribution is 2.30. The molecule has 0 bridgehead atoms. The zero-order valence-electron chi connectivity index (χ0n) is 10.4. The van der Waals surface area contributed by atoms with Crippen LogP contribution in [-0.4, -0.2) is 10.2 Å². The van der Waals surface area contributed by atoms with Gasteiger partial charge in [-0.15, -0.1) is 10.2 Å². The lowest BCUT2D eigenvalue weighted by molar-refractivity contribution is 0.582. The number of hydrogen-bond acceptors (Lipinski definition) is 3. The first-order valence-electron chi connectivity index (χ1n) is 5.47. The molecule has 2 N–H and O–H groups in total. The summed E-state index contributed by atoms with van der Waals surface area (Å²) in [5, 5.41) is 7.54. The quantitative estimate of drug-likeness (QED) is 0.845. The van der Waals surface area contributed by atoms with Gasteiger partial charge in [0.1, 0.15) is 23.1 Å². The molecule has 0 saturated carbocycles. The van der Waals surface area contributed by atoms with Crippen molar-refractivity contribution in [2.45, 2.75) is 20.8 Å². The molecular weight excluding hydrogens is 236 g/mol. The third kappa shape index (κ3) is 1.81. The Bertz CT molecular complexity index is 624. The minimum absolute atomic E-state index is 0.150. The summed E-state index contributed by atoms with van der Waals surface area (Å²) in [7, 11) is 0. The molecule has 0 atom stereocenters. The van der Waals surface area contributed by atoms with Gasteiger partial charge >= 0.3 is 0 Å². The molecule has 94 valence electrons. The topological polar surface area (TPSA) is 51.8 Å². The van der Waals surface area contributed by atoms with E-state index in [1.807, 2.05) is 0 Å². The van der Waals surface area contributed by atoms with Gasteiger partial charge in [0, 0.05) is 0 Å². The summed E-state index contributed by atoms with van der Waals surface area (Å²) in [6.07, 6.45) is 0. The van der Waals surface area contributed by atoms with Crippen molar-refractivity contribution in [1.82, 2.24) is 10.2 Å². The fourth-order valence-electron chi connectivity index (χ4n) is 1.73. The molecule has 0 aliphatic carbocycles. The Morgan fingerprint density at radius 3 is 2.33 bits per heavy atom. The SMILES string of the molecule is Cc1ccc(F)c(-c2nnc(N)c(C)c2C)c1F. The lowest BCUT2D eigenvalue weighted by Crippen LogP contribution is -2.04. The molecule has 0 spiro atoms. The van der Waals surface area contributed by atoms with Gasteiger partial charge in [-0.05, 0) is 43.5 Å². The number of rotatable bonds is 1. The number of benzene rings is 1. The van der Waals surface area contributed by atoms with E-state index in [4.69, 9.17) is 5.73 Å². The average Bonchev–Trinajstić information content (AvgIpc) is 2.34. The van der Waals surface area contributed by atoms with Gasteiger partial charge in [0.15, 0.2) is 0 Å². The largest absolute Gasteiger partial charge is 0.382 e. The van der Waals surface area contributed by atoms with Crippen molar-refractivity contribution >= 4 is 5.82 Å². The summed E-state index contributed by atoms with van der Waals surface area (Å²) in [5.74, 6) is -0.999. The van der Waals surface area contributed by atoms with Crippen molar-refractivity contribution in [2.75, 3.05) is 5.73 Å². The number of aromatic nitrogens is 2. The number of halogens is 2. The van der Waals surface area contributed by atoms with E-state index in [0.29, 0.717) is 16.7 Å². The maximum Gasteiger partial charge on any atom is 0.149 e. The molecule has 5 heteroatoms. The second-order valence-electron chi connectivity index (χ2n) is 4.24. The Hall–Kier alpha value is -2.04. The molecule has 2 aromatic rings. The van der Waals surface area contributed by atoms with Crippen molar-refractivity contribution in [1.29, 1.82) is 0 Å². The first-order chi connectivity index (χ1) is 8.43. The maximum atomic E-state index is 14.0. The van der Waals surface area contributed by atoms with E-state index in [9.17, 15) is 8.78 Å². The van der Waals surface area contributed by atoms with Gasteiger partial charge in [0.05, 0.1) is 5.56 Å². The summed E-state index contributed by atoms with van der Waals surface area (Å²) in [6.45, 7) is 5.04. The number of hydrogen-bond donors (Lipinski definition) is 1. The second kappa shape index (κ2) is 4.33. The fraction of sp³-hybridized carbons (Fsp3) is 0.231. The van der Waals surface area contributed by atoms with E-state index in [0.717, 1.165) is 0 Å². The third-order valence-corrected chi connectivity index (χ3v) is 3.08. The molecule has 3 nitrogen and oxygen atoms in total. The van der Waals surface area contributed by atoms with Crippen LogP contribution in [0.25, 0.3) is 11.3 Å². The maximum absolute atomic E-state index is 14.0. The molecule has 0 saturated heterocycles. The lowest BCUT2D eigenvalue weighted by atomic mass is 10.0. The normalized spacial score (nSPS) is 10.7. The van der Waals surface area contributed by atoms with Gasteiger partial charge < -0.3 is 5.73 Å². The van der Waals surface area contributed by atoms with Crippen LogP contribution in [-0.2, 0) is 0 Å². The average molecular weight is 249 g/mol. The summed E-state index contributed by atoms with van der Waals surface area (Å²) in [6, 6.07) is 2.61. The molecule has 0 aliphatic heterocycles. The van der Waals surface area contributed by atoms with Gasteiger partial charge in [0.25, 0.3) is 0 Å². The van der Waals surface area contributed by atoms with Crippen LogP contribution in [0.3, 0.4) is 0 Å². The number of anilines is 1. The molecule has 0 radical (unpaired) electrons. The molecule has 0 amide bonds. The summed E-state index contributed by atoms with van der Waals surface area (Å²) < 4.78 is 27.8. The van der Waals surface area contributed by atoms with E-state index in [2.05, 4.69) is 10.2 Å². The Morgan fingerprint density at radius 2 is 1.67 bits per heavy atom. The highest BCUT2D eigenvalue weighted by Gasteiger charge is 2.19. The molecular formula is C13H13F2N3.